The van der Waals surface area contributed by atoms with Crippen LogP contribution in [0.4, 0.5) is 0 Å². The zero-order valence-corrected chi connectivity index (χ0v) is 11.0. The molecule has 1 aromatic heterocycles. The van der Waals surface area contributed by atoms with E-state index in [0.717, 1.165) is 38.4 Å². The van der Waals surface area contributed by atoms with Gasteiger partial charge in [-0.1, -0.05) is 0 Å². The molecule has 0 radical (unpaired) electrons. The summed E-state index contributed by atoms with van der Waals surface area (Å²) in [5.41, 5.74) is 0. The Bertz CT molecular complexity index is 351. The van der Waals surface area contributed by atoms with Gasteiger partial charge in [0, 0.05) is 20.3 Å². The molecule has 1 aliphatic heterocycles. The van der Waals surface area contributed by atoms with E-state index in [4.69, 9.17) is 9.47 Å². The number of rotatable bonds is 7. The zero-order chi connectivity index (χ0) is 12.8. The minimum absolute atomic E-state index is 0.108. The number of tetrazole rings is 1. The highest BCUT2D eigenvalue weighted by Gasteiger charge is 2.20. The molecule has 1 fully saturated rings. The van der Waals surface area contributed by atoms with Gasteiger partial charge in [-0.05, 0) is 30.2 Å². The van der Waals surface area contributed by atoms with E-state index in [9.17, 15) is 0 Å². The molecule has 2 rings (SSSR count). The Kier molecular flexibility index (Phi) is 5.03. The molecular formula is C11H21N5O2. The summed E-state index contributed by atoms with van der Waals surface area (Å²) in [6, 6.07) is 0.108. The molecule has 0 amide bonds. The van der Waals surface area contributed by atoms with Crippen LogP contribution in [-0.2, 0) is 16.0 Å². The Morgan fingerprint density at radius 2 is 2.50 bits per heavy atom. The molecule has 1 aromatic rings. The first kappa shape index (κ1) is 13.4. The summed E-state index contributed by atoms with van der Waals surface area (Å²) in [5, 5.41) is 15.2. The first-order valence-electron chi connectivity index (χ1n) is 6.41. The number of nitrogens with zero attached hydrogens (tertiary/aromatic N) is 4. The van der Waals surface area contributed by atoms with Crippen LogP contribution in [0, 0.1) is 0 Å². The molecule has 102 valence electrons. The minimum atomic E-state index is 0.108. The molecule has 7 nitrogen and oxygen atoms in total. The molecule has 0 bridgehead atoms. The Labute approximate surface area is 107 Å². The third-order valence-corrected chi connectivity index (χ3v) is 3.10. The summed E-state index contributed by atoms with van der Waals surface area (Å²) in [4.78, 5) is 0. The lowest BCUT2D eigenvalue weighted by Gasteiger charge is -2.15. The van der Waals surface area contributed by atoms with E-state index in [0.29, 0.717) is 6.61 Å². The van der Waals surface area contributed by atoms with Gasteiger partial charge in [0.1, 0.15) is 0 Å². The van der Waals surface area contributed by atoms with Gasteiger partial charge in [0.25, 0.3) is 0 Å². The summed E-state index contributed by atoms with van der Waals surface area (Å²) in [6.07, 6.45) is 2.47. The van der Waals surface area contributed by atoms with Gasteiger partial charge >= 0.3 is 0 Å². The number of hydrogen-bond donors (Lipinski definition) is 1. The SMILES string of the molecule is COCCNC(C)c1nnnn1CC1CCCO1. The quantitative estimate of drug-likeness (QED) is 0.699. The van der Waals surface area contributed by atoms with Crippen molar-refractivity contribution in [2.24, 2.45) is 0 Å². The molecule has 1 saturated heterocycles. The third-order valence-electron chi connectivity index (χ3n) is 3.10. The summed E-state index contributed by atoms with van der Waals surface area (Å²) in [7, 11) is 1.69. The first-order chi connectivity index (χ1) is 8.81. The Morgan fingerprint density at radius 3 is 3.22 bits per heavy atom. The third kappa shape index (κ3) is 3.47. The van der Waals surface area contributed by atoms with Crippen LogP contribution in [0.2, 0.25) is 0 Å². The Hall–Kier alpha value is -1.05. The van der Waals surface area contributed by atoms with Gasteiger partial charge in [0.05, 0.1) is 25.3 Å². The fourth-order valence-corrected chi connectivity index (χ4v) is 2.10. The standard InChI is InChI=1S/C11H21N5O2/c1-9(12-5-7-17-2)11-13-14-15-16(11)8-10-4-3-6-18-10/h9-10,12H,3-8H2,1-2H3. The molecule has 7 heteroatoms. The number of methoxy groups -OCH3 is 1. The smallest absolute Gasteiger partial charge is 0.168 e. The minimum Gasteiger partial charge on any atom is -0.383 e. The lowest BCUT2D eigenvalue weighted by atomic mass is 10.2. The predicted octanol–water partition coefficient (Wildman–Crippen LogP) is 0.149. The lowest BCUT2D eigenvalue weighted by molar-refractivity contribution is 0.0921. The number of nitrogens with one attached hydrogen (secondary N) is 1. The van der Waals surface area contributed by atoms with Crippen molar-refractivity contribution >= 4 is 0 Å². The number of hydrogen-bond acceptors (Lipinski definition) is 6. The van der Waals surface area contributed by atoms with Crippen LogP contribution in [-0.4, -0.2) is 53.2 Å². The fourth-order valence-electron chi connectivity index (χ4n) is 2.10. The number of aromatic nitrogens is 4. The predicted molar refractivity (Wildman–Crippen MR) is 65.1 cm³/mol. The van der Waals surface area contributed by atoms with E-state index in [1.165, 1.54) is 0 Å². The molecular weight excluding hydrogens is 234 g/mol. The molecule has 0 saturated carbocycles. The molecule has 2 heterocycles. The second kappa shape index (κ2) is 6.77. The molecule has 2 unspecified atom stereocenters. The maximum absolute atomic E-state index is 5.60. The van der Waals surface area contributed by atoms with Gasteiger partial charge in [-0.2, -0.15) is 0 Å². The van der Waals surface area contributed by atoms with E-state index in [1.54, 1.807) is 7.11 Å². The number of ether oxygens (including phenoxy) is 2. The molecule has 0 aromatic carbocycles. The van der Waals surface area contributed by atoms with Crippen molar-refractivity contribution in [3.05, 3.63) is 5.82 Å². The van der Waals surface area contributed by atoms with Gasteiger partial charge in [-0.15, -0.1) is 5.10 Å². The van der Waals surface area contributed by atoms with Crippen molar-refractivity contribution in [2.75, 3.05) is 26.9 Å². The van der Waals surface area contributed by atoms with Gasteiger partial charge in [-0.25, -0.2) is 4.68 Å². The van der Waals surface area contributed by atoms with Crippen LogP contribution >= 0.6 is 0 Å². The maximum Gasteiger partial charge on any atom is 0.168 e. The van der Waals surface area contributed by atoms with Gasteiger partial charge < -0.3 is 14.8 Å². The van der Waals surface area contributed by atoms with Crippen molar-refractivity contribution in [3.8, 4) is 0 Å². The van der Waals surface area contributed by atoms with E-state index in [2.05, 4.69) is 20.8 Å². The molecule has 2 atom stereocenters. The molecule has 18 heavy (non-hydrogen) atoms. The maximum atomic E-state index is 5.60. The van der Waals surface area contributed by atoms with Gasteiger partial charge in [0.15, 0.2) is 5.82 Å². The highest BCUT2D eigenvalue weighted by Crippen LogP contribution is 2.15. The van der Waals surface area contributed by atoms with E-state index in [-0.39, 0.29) is 12.1 Å². The van der Waals surface area contributed by atoms with Gasteiger partial charge in [-0.3, -0.25) is 0 Å². The topological polar surface area (TPSA) is 74.1 Å². The first-order valence-corrected chi connectivity index (χ1v) is 6.41. The van der Waals surface area contributed by atoms with Crippen LogP contribution in [0.3, 0.4) is 0 Å². The van der Waals surface area contributed by atoms with Crippen molar-refractivity contribution < 1.29 is 9.47 Å². The lowest BCUT2D eigenvalue weighted by Crippen LogP contribution is -2.27. The molecule has 0 spiro atoms. The average Bonchev–Trinajstić information content (AvgIpc) is 3.01. The van der Waals surface area contributed by atoms with Crippen molar-refractivity contribution in [1.29, 1.82) is 0 Å². The van der Waals surface area contributed by atoms with E-state index < -0.39 is 0 Å². The van der Waals surface area contributed by atoms with Crippen LogP contribution in [0.15, 0.2) is 0 Å². The largest absolute Gasteiger partial charge is 0.383 e. The average molecular weight is 255 g/mol. The van der Waals surface area contributed by atoms with Gasteiger partial charge in [0.2, 0.25) is 0 Å². The summed E-state index contributed by atoms with van der Waals surface area (Å²) in [5.74, 6) is 0.849. The Balaban J connectivity index is 1.89. The molecule has 1 aliphatic rings. The van der Waals surface area contributed by atoms with Crippen molar-refractivity contribution in [1.82, 2.24) is 25.5 Å². The molecule has 0 aliphatic carbocycles. The summed E-state index contributed by atoms with van der Waals surface area (Å²) in [6.45, 7) is 5.10. The molecule has 1 N–H and O–H groups in total. The summed E-state index contributed by atoms with van der Waals surface area (Å²) < 4.78 is 12.4. The van der Waals surface area contributed by atoms with E-state index in [1.807, 2.05) is 11.6 Å². The zero-order valence-electron chi connectivity index (χ0n) is 11.0. The monoisotopic (exact) mass is 255 g/mol. The summed E-state index contributed by atoms with van der Waals surface area (Å²) >= 11 is 0. The van der Waals surface area contributed by atoms with E-state index >= 15 is 0 Å². The van der Waals surface area contributed by atoms with Crippen LogP contribution in [0.25, 0.3) is 0 Å². The second-order valence-corrected chi connectivity index (χ2v) is 4.52. The van der Waals surface area contributed by atoms with Crippen molar-refractivity contribution in [2.45, 2.75) is 38.5 Å². The Morgan fingerprint density at radius 1 is 1.61 bits per heavy atom. The highest BCUT2D eigenvalue weighted by molar-refractivity contribution is 4.90. The van der Waals surface area contributed by atoms with Crippen molar-refractivity contribution in [3.63, 3.8) is 0 Å². The normalized spacial score (nSPS) is 21.3. The van der Waals surface area contributed by atoms with Crippen LogP contribution in [0.5, 0.6) is 0 Å². The van der Waals surface area contributed by atoms with Crippen LogP contribution in [0.1, 0.15) is 31.6 Å². The van der Waals surface area contributed by atoms with Crippen LogP contribution < -0.4 is 5.32 Å². The fraction of sp³-hybridized carbons (Fsp3) is 0.909. The highest BCUT2D eigenvalue weighted by atomic mass is 16.5. The second-order valence-electron chi connectivity index (χ2n) is 4.52.